The average molecular weight is 809 g/mol. The fraction of sp³-hybridized carbons (Fsp3) is 0. The van der Waals surface area contributed by atoms with Crippen molar-refractivity contribution < 1.29 is 4.42 Å². The van der Waals surface area contributed by atoms with E-state index in [0.717, 1.165) is 55.8 Å². The summed E-state index contributed by atoms with van der Waals surface area (Å²) in [7, 11) is 0. The standard InChI is InChI=1S/C58H36N2OS/c1-2-12-42(13-3-1)60-53-35-40(26-32-46(53)50-34-25-39-11-4-5-14-45(39)57(50)60)37-21-28-43(29-22-37)59(52-18-10-17-51-49-16-7-9-20-56(49)62-58(51)52)44-30-23-38(24-31-44)41-27-33-48-47-15-6-8-19-54(47)61-55(48)36-41/h1-36H. The molecule has 0 fully saturated rings. The third-order valence-corrected chi connectivity index (χ3v) is 13.8. The van der Waals surface area contributed by atoms with E-state index in [-0.39, 0.29) is 0 Å². The maximum atomic E-state index is 6.27. The van der Waals surface area contributed by atoms with Crippen molar-refractivity contribution in [1.82, 2.24) is 4.57 Å². The molecule has 290 valence electrons. The maximum Gasteiger partial charge on any atom is 0.136 e. The van der Waals surface area contributed by atoms with E-state index in [9.17, 15) is 0 Å². The summed E-state index contributed by atoms with van der Waals surface area (Å²) < 4.78 is 11.3. The Bertz CT molecular complexity index is 3860. The van der Waals surface area contributed by atoms with Gasteiger partial charge in [0, 0.05) is 59.5 Å². The molecule has 10 aromatic carbocycles. The van der Waals surface area contributed by atoms with Crippen LogP contribution in [0.1, 0.15) is 0 Å². The van der Waals surface area contributed by atoms with Crippen LogP contribution in [0.25, 0.3) is 103 Å². The Hall–Kier alpha value is -7.92. The molecule has 0 unspecified atom stereocenters. The van der Waals surface area contributed by atoms with Crippen molar-refractivity contribution in [1.29, 1.82) is 0 Å². The quantitative estimate of drug-likeness (QED) is 0.167. The first-order valence-corrected chi connectivity index (χ1v) is 21.9. The Kier molecular flexibility index (Phi) is 7.78. The molecule has 0 aliphatic carbocycles. The zero-order valence-electron chi connectivity index (χ0n) is 33.5. The van der Waals surface area contributed by atoms with Gasteiger partial charge in [-0.25, -0.2) is 0 Å². The highest BCUT2D eigenvalue weighted by atomic mass is 32.1. The second kappa shape index (κ2) is 13.8. The van der Waals surface area contributed by atoms with Crippen LogP contribution in [0.3, 0.4) is 0 Å². The first kappa shape index (κ1) is 34.9. The minimum absolute atomic E-state index is 0.903. The second-order valence-corrected chi connectivity index (χ2v) is 17.1. The normalized spacial score (nSPS) is 11.9. The van der Waals surface area contributed by atoms with E-state index in [4.69, 9.17) is 4.42 Å². The molecule has 4 heteroatoms. The van der Waals surface area contributed by atoms with Crippen molar-refractivity contribution >= 4 is 103 Å². The van der Waals surface area contributed by atoms with Gasteiger partial charge in [-0.05, 0) is 100 Å². The van der Waals surface area contributed by atoms with Crippen LogP contribution >= 0.6 is 11.3 Å². The van der Waals surface area contributed by atoms with Crippen molar-refractivity contribution in [3.05, 3.63) is 218 Å². The molecule has 3 heterocycles. The Morgan fingerprint density at radius 1 is 0.387 bits per heavy atom. The molecule has 0 radical (unpaired) electrons. The van der Waals surface area contributed by atoms with Crippen molar-refractivity contribution in [2.75, 3.05) is 4.90 Å². The zero-order valence-corrected chi connectivity index (χ0v) is 34.3. The van der Waals surface area contributed by atoms with Crippen LogP contribution < -0.4 is 4.90 Å². The summed E-state index contributed by atoms with van der Waals surface area (Å²) in [5, 5.41) is 9.85. The van der Waals surface area contributed by atoms with E-state index >= 15 is 0 Å². The molecule has 3 nitrogen and oxygen atoms in total. The van der Waals surface area contributed by atoms with Gasteiger partial charge in [-0.2, -0.15) is 0 Å². The van der Waals surface area contributed by atoms with Crippen molar-refractivity contribution in [2.24, 2.45) is 0 Å². The molecule has 0 aliphatic rings. The molecule has 0 bridgehead atoms. The number of furan rings is 1. The number of thiophene rings is 1. The maximum absolute atomic E-state index is 6.27. The van der Waals surface area contributed by atoms with Gasteiger partial charge in [-0.1, -0.05) is 146 Å². The number of hydrogen-bond acceptors (Lipinski definition) is 3. The van der Waals surface area contributed by atoms with Gasteiger partial charge < -0.3 is 13.9 Å². The van der Waals surface area contributed by atoms with Crippen molar-refractivity contribution in [3.63, 3.8) is 0 Å². The molecule has 3 aromatic heterocycles. The number of aromatic nitrogens is 1. The summed E-state index contributed by atoms with van der Waals surface area (Å²) in [6.07, 6.45) is 0. The Labute approximate surface area is 361 Å². The summed E-state index contributed by atoms with van der Waals surface area (Å²) in [5.41, 5.74) is 13.4. The zero-order chi connectivity index (χ0) is 40.7. The van der Waals surface area contributed by atoms with Crippen molar-refractivity contribution in [2.45, 2.75) is 0 Å². The number of benzene rings is 10. The van der Waals surface area contributed by atoms with E-state index in [0.29, 0.717) is 0 Å². The van der Waals surface area contributed by atoms with E-state index < -0.39 is 0 Å². The van der Waals surface area contributed by atoms with Crippen LogP contribution in [0.5, 0.6) is 0 Å². The molecule has 0 saturated heterocycles. The lowest BCUT2D eigenvalue weighted by Gasteiger charge is -2.26. The Morgan fingerprint density at radius 2 is 0.984 bits per heavy atom. The van der Waals surface area contributed by atoms with Gasteiger partial charge >= 0.3 is 0 Å². The van der Waals surface area contributed by atoms with Gasteiger partial charge in [0.05, 0.1) is 21.4 Å². The number of rotatable bonds is 6. The molecular formula is C58H36N2OS. The molecule has 0 aliphatic heterocycles. The Morgan fingerprint density at radius 3 is 1.77 bits per heavy atom. The first-order valence-electron chi connectivity index (χ1n) is 21.1. The summed E-state index contributed by atoms with van der Waals surface area (Å²) in [6, 6.07) is 79.2. The highest BCUT2D eigenvalue weighted by molar-refractivity contribution is 7.26. The van der Waals surface area contributed by atoms with Crippen LogP contribution in [0.2, 0.25) is 0 Å². The minimum atomic E-state index is 0.903. The number of hydrogen-bond donors (Lipinski definition) is 0. The minimum Gasteiger partial charge on any atom is -0.456 e. The third kappa shape index (κ3) is 5.44. The molecule has 0 saturated carbocycles. The molecule has 13 rings (SSSR count). The van der Waals surface area contributed by atoms with Crippen LogP contribution in [0, 0.1) is 0 Å². The van der Waals surface area contributed by atoms with E-state index in [1.54, 1.807) is 0 Å². The summed E-state index contributed by atoms with van der Waals surface area (Å²) in [5.74, 6) is 0. The van der Waals surface area contributed by atoms with Crippen molar-refractivity contribution in [3.8, 4) is 27.9 Å². The van der Waals surface area contributed by atoms with E-state index in [1.165, 1.54) is 63.9 Å². The number of anilines is 3. The van der Waals surface area contributed by atoms with Gasteiger partial charge in [0.1, 0.15) is 11.2 Å². The van der Waals surface area contributed by atoms with Crippen LogP contribution in [-0.2, 0) is 0 Å². The smallest absolute Gasteiger partial charge is 0.136 e. The predicted molar refractivity (Wildman–Crippen MR) is 264 cm³/mol. The Balaban J connectivity index is 0.935. The third-order valence-electron chi connectivity index (χ3n) is 12.6. The first-order chi connectivity index (χ1) is 30.7. The molecule has 0 atom stereocenters. The second-order valence-electron chi connectivity index (χ2n) is 16.1. The van der Waals surface area contributed by atoms with Crippen LogP contribution in [-0.4, -0.2) is 4.57 Å². The molecule has 0 N–H and O–H groups in total. The molecule has 62 heavy (non-hydrogen) atoms. The SMILES string of the molecule is c1ccc(-n2c3cc(-c4ccc(N(c5ccc(-c6ccc7c(c6)oc6ccccc67)cc5)c5cccc6c5sc5ccccc56)cc4)ccc3c3ccc4ccccc4c32)cc1. The topological polar surface area (TPSA) is 21.3 Å². The fourth-order valence-electron chi connectivity index (χ4n) is 9.65. The lowest BCUT2D eigenvalue weighted by atomic mass is 10.0. The number of fused-ring (bicyclic) bond motifs is 11. The molecule has 0 amide bonds. The summed E-state index contributed by atoms with van der Waals surface area (Å²) >= 11 is 1.86. The van der Waals surface area contributed by atoms with Gasteiger partial charge in [-0.15, -0.1) is 11.3 Å². The molecule has 13 aromatic rings. The molecule has 0 spiro atoms. The van der Waals surface area contributed by atoms with Gasteiger partial charge in [0.2, 0.25) is 0 Å². The predicted octanol–water partition coefficient (Wildman–Crippen LogP) is 17.0. The van der Waals surface area contributed by atoms with Gasteiger partial charge in [-0.3, -0.25) is 0 Å². The van der Waals surface area contributed by atoms with E-state index in [2.05, 4.69) is 216 Å². The van der Waals surface area contributed by atoms with Gasteiger partial charge in [0.25, 0.3) is 0 Å². The monoisotopic (exact) mass is 808 g/mol. The lowest BCUT2D eigenvalue weighted by Crippen LogP contribution is -2.10. The summed E-state index contributed by atoms with van der Waals surface area (Å²) in [6.45, 7) is 0. The van der Waals surface area contributed by atoms with Crippen LogP contribution in [0.15, 0.2) is 223 Å². The van der Waals surface area contributed by atoms with E-state index in [1.807, 2.05) is 23.5 Å². The summed E-state index contributed by atoms with van der Waals surface area (Å²) in [4.78, 5) is 2.41. The largest absolute Gasteiger partial charge is 0.456 e. The number of para-hydroxylation sites is 2. The highest BCUT2D eigenvalue weighted by Crippen LogP contribution is 2.46. The average Bonchev–Trinajstić information content (AvgIpc) is 4.02. The van der Waals surface area contributed by atoms with Gasteiger partial charge in [0.15, 0.2) is 0 Å². The highest BCUT2D eigenvalue weighted by Gasteiger charge is 2.20. The fourth-order valence-corrected chi connectivity index (χ4v) is 10.9. The lowest BCUT2D eigenvalue weighted by molar-refractivity contribution is 0.669. The van der Waals surface area contributed by atoms with Crippen LogP contribution in [0.4, 0.5) is 17.1 Å². The molecular weight excluding hydrogens is 773 g/mol. The number of nitrogens with zero attached hydrogens (tertiary/aromatic N) is 2.